The number of hydrogen-bond acceptors (Lipinski definition) is 5. The zero-order valence-corrected chi connectivity index (χ0v) is 16.1. The van der Waals surface area contributed by atoms with Crippen molar-refractivity contribution in [2.75, 3.05) is 5.32 Å². The number of amides is 1. The number of aromatic nitrogens is 2. The fourth-order valence-electron chi connectivity index (χ4n) is 2.11. The number of alkyl halides is 3. The maximum atomic E-state index is 12.6. The third kappa shape index (κ3) is 5.15. The van der Waals surface area contributed by atoms with Gasteiger partial charge >= 0.3 is 6.18 Å². The first-order valence-corrected chi connectivity index (χ1v) is 8.76. The predicted octanol–water partition coefficient (Wildman–Crippen LogP) is 4.05. The lowest BCUT2D eigenvalue weighted by atomic mass is 10.2. The second-order valence-electron chi connectivity index (χ2n) is 5.70. The number of carbonyl (C=O) groups is 1. The highest BCUT2D eigenvalue weighted by atomic mass is 35.5. The fourth-order valence-corrected chi connectivity index (χ4v) is 3.32. The van der Waals surface area contributed by atoms with Crippen LogP contribution in [-0.2, 0) is 7.05 Å². The maximum Gasteiger partial charge on any atom is 0.404 e. The van der Waals surface area contributed by atoms with Crippen LogP contribution in [0, 0.1) is 18.3 Å². The molecule has 11 heteroatoms. The van der Waals surface area contributed by atoms with Crippen LogP contribution in [-0.4, -0.2) is 27.7 Å². The number of nitrogens with one attached hydrogen (secondary N) is 2. The Labute approximate surface area is 162 Å². The van der Waals surface area contributed by atoms with Gasteiger partial charge in [0.15, 0.2) is 0 Å². The molecule has 0 aromatic carbocycles. The summed E-state index contributed by atoms with van der Waals surface area (Å²) in [4.78, 5) is 16.8. The van der Waals surface area contributed by atoms with Gasteiger partial charge < -0.3 is 9.88 Å². The molecular weight excluding hydrogens is 403 g/mol. The van der Waals surface area contributed by atoms with Crippen molar-refractivity contribution in [1.29, 1.82) is 5.26 Å². The number of nitriles is 1. The molecule has 0 unspecified atom stereocenters. The molecule has 2 rings (SSSR count). The molecule has 0 spiro atoms. The van der Waals surface area contributed by atoms with Gasteiger partial charge in [-0.3, -0.25) is 4.79 Å². The second kappa shape index (κ2) is 8.21. The van der Waals surface area contributed by atoms with E-state index in [-0.39, 0.29) is 21.3 Å². The molecule has 27 heavy (non-hydrogen) atoms. The molecule has 2 heterocycles. The largest absolute Gasteiger partial charge is 0.404 e. The quantitative estimate of drug-likeness (QED) is 0.717. The Bertz CT molecular complexity index is 907. The summed E-state index contributed by atoms with van der Waals surface area (Å²) in [5.74, 6) is -0.562. The first-order valence-electron chi connectivity index (χ1n) is 7.57. The van der Waals surface area contributed by atoms with Gasteiger partial charge in [0, 0.05) is 24.6 Å². The van der Waals surface area contributed by atoms with Crippen LogP contribution in [0.15, 0.2) is 23.2 Å². The summed E-state index contributed by atoms with van der Waals surface area (Å²) in [5.41, 5.74) is 1.13. The van der Waals surface area contributed by atoms with Crippen LogP contribution in [0.25, 0.3) is 0 Å². The normalized spacial score (nSPS) is 12.5. The van der Waals surface area contributed by atoms with Gasteiger partial charge in [0.25, 0.3) is 5.91 Å². The van der Waals surface area contributed by atoms with Gasteiger partial charge in [0.05, 0.1) is 9.92 Å². The molecule has 6 nitrogen and oxygen atoms in total. The molecule has 0 saturated carbocycles. The first kappa shape index (κ1) is 21.1. The molecule has 0 aliphatic carbocycles. The molecule has 0 fully saturated rings. The molecule has 0 aliphatic rings. The molecule has 2 N–H and O–H groups in total. The number of hydrogen-bond donors (Lipinski definition) is 2. The third-order valence-corrected chi connectivity index (χ3v) is 4.96. The molecule has 1 atom stereocenters. The summed E-state index contributed by atoms with van der Waals surface area (Å²) >= 11 is 6.88. The fraction of sp³-hybridized carbons (Fsp3) is 0.312. The van der Waals surface area contributed by atoms with Crippen LogP contribution >= 0.6 is 23.5 Å². The van der Waals surface area contributed by atoms with Crippen LogP contribution in [0.2, 0.25) is 5.02 Å². The Balaban J connectivity index is 2.19. The van der Waals surface area contributed by atoms with E-state index >= 15 is 0 Å². The molecule has 2 aromatic heterocycles. The maximum absolute atomic E-state index is 12.6. The standard InChI is InChI=1S/C16H15ClF3N5OS/c1-8-4-10(5-11(6-21)22-8)23-15(26)14-13(17)12(7-25(14)3)27-24-9(2)16(18,19)20/h4-5,7,9,24H,1-3H3,(H,22,23,26)/t9-/m1/s1. The predicted molar refractivity (Wildman–Crippen MR) is 96.6 cm³/mol. The van der Waals surface area contributed by atoms with Crippen molar-refractivity contribution < 1.29 is 18.0 Å². The summed E-state index contributed by atoms with van der Waals surface area (Å²) in [5, 5.41) is 11.6. The lowest BCUT2D eigenvalue weighted by Gasteiger charge is -2.15. The number of pyridine rings is 1. The Morgan fingerprint density at radius 2 is 2.11 bits per heavy atom. The Morgan fingerprint density at radius 3 is 2.70 bits per heavy atom. The summed E-state index contributed by atoms with van der Waals surface area (Å²) < 4.78 is 41.5. The molecular formula is C16H15ClF3N5OS. The number of anilines is 1. The highest BCUT2D eigenvalue weighted by molar-refractivity contribution is 7.97. The van der Waals surface area contributed by atoms with Crippen LogP contribution < -0.4 is 10.0 Å². The van der Waals surface area contributed by atoms with E-state index in [4.69, 9.17) is 16.9 Å². The van der Waals surface area contributed by atoms with E-state index in [1.54, 1.807) is 20.0 Å². The minimum absolute atomic E-state index is 0.0214. The lowest BCUT2D eigenvalue weighted by molar-refractivity contribution is -0.146. The summed E-state index contributed by atoms with van der Waals surface area (Å²) in [7, 11) is 1.55. The van der Waals surface area contributed by atoms with E-state index in [9.17, 15) is 18.0 Å². The van der Waals surface area contributed by atoms with Crippen LogP contribution in [0.5, 0.6) is 0 Å². The SMILES string of the molecule is Cc1cc(NC(=O)c2c(Cl)c(SN[C@H](C)C(F)(F)F)cn2C)cc(C#N)n1. The van der Waals surface area contributed by atoms with Gasteiger partial charge in [0.2, 0.25) is 0 Å². The minimum atomic E-state index is -4.40. The van der Waals surface area contributed by atoms with Gasteiger partial charge in [-0.15, -0.1) is 0 Å². The topological polar surface area (TPSA) is 82.7 Å². The van der Waals surface area contributed by atoms with Crippen molar-refractivity contribution in [3.8, 4) is 6.07 Å². The van der Waals surface area contributed by atoms with Gasteiger partial charge in [-0.2, -0.15) is 18.4 Å². The van der Waals surface area contributed by atoms with Gasteiger partial charge in [-0.1, -0.05) is 11.6 Å². The van der Waals surface area contributed by atoms with Crippen molar-refractivity contribution in [3.63, 3.8) is 0 Å². The highest BCUT2D eigenvalue weighted by Crippen LogP contribution is 2.32. The average Bonchev–Trinajstić information content (AvgIpc) is 2.84. The monoisotopic (exact) mass is 417 g/mol. The van der Waals surface area contributed by atoms with Crippen molar-refractivity contribution in [2.45, 2.75) is 31.0 Å². The van der Waals surface area contributed by atoms with E-state index in [1.807, 2.05) is 6.07 Å². The van der Waals surface area contributed by atoms with Crippen LogP contribution in [0.3, 0.4) is 0 Å². The number of carbonyl (C=O) groups excluding carboxylic acids is 1. The van der Waals surface area contributed by atoms with Gasteiger partial charge in [-0.25, -0.2) is 9.71 Å². The second-order valence-corrected chi connectivity index (χ2v) is 6.96. The van der Waals surface area contributed by atoms with Gasteiger partial charge in [-0.05, 0) is 37.9 Å². The van der Waals surface area contributed by atoms with E-state index in [2.05, 4.69) is 15.0 Å². The third-order valence-electron chi connectivity index (χ3n) is 3.47. The Morgan fingerprint density at radius 1 is 1.44 bits per heavy atom. The zero-order chi connectivity index (χ0) is 20.4. The van der Waals surface area contributed by atoms with E-state index in [1.165, 1.54) is 16.8 Å². The van der Waals surface area contributed by atoms with E-state index < -0.39 is 18.1 Å². The Kier molecular flexibility index (Phi) is 6.41. The van der Waals surface area contributed by atoms with E-state index in [0.717, 1.165) is 6.92 Å². The molecule has 0 saturated heterocycles. The van der Waals surface area contributed by atoms with Crippen molar-refractivity contribution in [3.05, 3.63) is 40.4 Å². The molecule has 0 bridgehead atoms. The summed E-state index contributed by atoms with van der Waals surface area (Å²) in [6.07, 6.45) is -2.94. The molecule has 144 valence electrons. The highest BCUT2D eigenvalue weighted by Gasteiger charge is 2.36. The van der Waals surface area contributed by atoms with Crippen LogP contribution in [0.1, 0.15) is 28.8 Å². The number of aryl methyl sites for hydroxylation is 2. The summed E-state index contributed by atoms with van der Waals surface area (Å²) in [6, 6.07) is 3.13. The average molecular weight is 418 g/mol. The van der Waals surface area contributed by atoms with E-state index in [0.29, 0.717) is 23.3 Å². The van der Waals surface area contributed by atoms with Crippen molar-refractivity contribution >= 4 is 35.1 Å². The van der Waals surface area contributed by atoms with Gasteiger partial charge in [0.1, 0.15) is 23.5 Å². The minimum Gasteiger partial charge on any atom is -0.344 e. The number of rotatable bonds is 5. The molecule has 1 amide bonds. The molecule has 0 aliphatic heterocycles. The van der Waals surface area contributed by atoms with Crippen LogP contribution in [0.4, 0.5) is 18.9 Å². The number of halogens is 4. The number of nitrogens with zero attached hydrogens (tertiary/aromatic N) is 3. The molecule has 0 radical (unpaired) electrons. The summed E-state index contributed by atoms with van der Waals surface area (Å²) in [6.45, 7) is 2.66. The lowest BCUT2D eigenvalue weighted by Crippen LogP contribution is -2.35. The smallest absolute Gasteiger partial charge is 0.344 e. The molecule has 2 aromatic rings. The van der Waals surface area contributed by atoms with Crippen molar-refractivity contribution in [2.24, 2.45) is 7.05 Å². The van der Waals surface area contributed by atoms with Crippen molar-refractivity contribution in [1.82, 2.24) is 14.3 Å². The Hall–Kier alpha value is -2.22. The first-order chi connectivity index (χ1) is 12.5. The zero-order valence-electron chi connectivity index (χ0n) is 14.5.